The molecule has 1 aromatic heterocycles. The summed E-state index contributed by atoms with van der Waals surface area (Å²) < 4.78 is 10.5. The first-order valence-corrected chi connectivity index (χ1v) is 7.27. The number of anilines is 2. The molecule has 1 heterocycles. The molecule has 6 heteroatoms. The van der Waals surface area contributed by atoms with Gasteiger partial charge >= 0.3 is 0 Å². The average molecular weight is 315 g/mol. The van der Waals surface area contributed by atoms with E-state index in [2.05, 4.69) is 10.3 Å². The van der Waals surface area contributed by atoms with E-state index in [0.717, 1.165) is 5.56 Å². The molecule has 0 unspecified atom stereocenters. The highest BCUT2D eigenvalue weighted by Gasteiger charge is 2.09. The van der Waals surface area contributed by atoms with Gasteiger partial charge in [-0.15, -0.1) is 0 Å². The Kier molecular flexibility index (Phi) is 5.41. The van der Waals surface area contributed by atoms with E-state index in [9.17, 15) is 4.79 Å². The standard InChI is InChI=1S/C17H21N3O3/c1-11-13(6-8-16(18)19-11)20-17(21)9-5-12-4-7-14(22-2)15(10-12)23-3/h4,6-8,10H,5,9H2,1-3H3,(H2,18,19)(H,20,21). The van der Waals surface area contributed by atoms with Gasteiger partial charge in [0, 0.05) is 6.42 Å². The highest BCUT2D eigenvalue weighted by Crippen LogP contribution is 2.28. The Hall–Kier alpha value is -2.76. The van der Waals surface area contributed by atoms with Gasteiger partial charge in [0.25, 0.3) is 0 Å². The smallest absolute Gasteiger partial charge is 0.224 e. The molecule has 0 fully saturated rings. The molecular formula is C17H21N3O3. The van der Waals surface area contributed by atoms with E-state index < -0.39 is 0 Å². The summed E-state index contributed by atoms with van der Waals surface area (Å²) in [5, 5.41) is 2.85. The molecular weight excluding hydrogens is 294 g/mol. The van der Waals surface area contributed by atoms with Crippen molar-refractivity contribution in [1.29, 1.82) is 0 Å². The lowest BCUT2D eigenvalue weighted by atomic mass is 10.1. The van der Waals surface area contributed by atoms with E-state index in [1.54, 1.807) is 33.3 Å². The fraction of sp³-hybridized carbons (Fsp3) is 0.294. The molecule has 6 nitrogen and oxygen atoms in total. The maximum Gasteiger partial charge on any atom is 0.224 e. The van der Waals surface area contributed by atoms with E-state index >= 15 is 0 Å². The average Bonchev–Trinajstić information content (AvgIpc) is 2.55. The van der Waals surface area contributed by atoms with Gasteiger partial charge in [-0.05, 0) is 43.2 Å². The van der Waals surface area contributed by atoms with Crippen molar-refractivity contribution in [3.05, 3.63) is 41.6 Å². The van der Waals surface area contributed by atoms with Gasteiger partial charge in [0.1, 0.15) is 5.82 Å². The molecule has 2 aromatic rings. The number of hydrogen-bond acceptors (Lipinski definition) is 5. The molecule has 1 aromatic carbocycles. The van der Waals surface area contributed by atoms with Gasteiger partial charge in [0.2, 0.25) is 5.91 Å². The molecule has 0 aliphatic rings. The van der Waals surface area contributed by atoms with E-state index in [0.29, 0.717) is 41.5 Å². The van der Waals surface area contributed by atoms with Crippen LogP contribution in [0.1, 0.15) is 17.7 Å². The zero-order chi connectivity index (χ0) is 16.8. The summed E-state index contributed by atoms with van der Waals surface area (Å²) in [4.78, 5) is 16.2. The second-order valence-corrected chi connectivity index (χ2v) is 5.11. The van der Waals surface area contributed by atoms with Crippen LogP contribution in [0.25, 0.3) is 0 Å². The van der Waals surface area contributed by atoms with Crippen LogP contribution in [0.15, 0.2) is 30.3 Å². The monoisotopic (exact) mass is 315 g/mol. The number of nitrogens with two attached hydrogens (primary N) is 1. The number of aryl methyl sites for hydroxylation is 2. The number of nitrogens with zero attached hydrogens (tertiary/aromatic N) is 1. The van der Waals surface area contributed by atoms with Gasteiger partial charge in [-0.3, -0.25) is 4.79 Å². The lowest BCUT2D eigenvalue weighted by molar-refractivity contribution is -0.116. The quantitative estimate of drug-likeness (QED) is 0.855. The van der Waals surface area contributed by atoms with Gasteiger partial charge in [-0.1, -0.05) is 6.07 Å². The van der Waals surface area contributed by atoms with Crippen LogP contribution in [-0.2, 0) is 11.2 Å². The molecule has 0 radical (unpaired) electrons. The third-order valence-electron chi connectivity index (χ3n) is 3.47. The van der Waals surface area contributed by atoms with Crippen molar-refractivity contribution in [1.82, 2.24) is 4.98 Å². The number of nitrogen functional groups attached to an aromatic ring is 1. The summed E-state index contributed by atoms with van der Waals surface area (Å²) in [6.45, 7) is 1.81. The second kappa shape index (κ2) is 7.49. The number of aromatic nitrogens is 1. The van der Waals surface area contributed by atoms with Crippen LogP contribution in [0.2, 0.25) is 0 Å². The Morgan fingerprint density at radius 3 is 2.57 bits per heavy atom. The van der Waals surface area contributed by atoms with Crippen molar-refractivity contribution in [3.63, 3.8) is 0 Å². The molecule has 1 amide bonds. The van der Waals surface area contributed by atoms with Gasteiger partial charge in [-0.25, -0.2) is 4.98 Å². The summed E-state index contributed by atoms with van der Waals surface area (Å²) in [5.41, 5.74) is 7.98. The number of hydrogen-bond donors (Lipinski definition) is 2. The summed E-state index contributed by atoms with van der Waals surface area (Å²) in [7, 11) is 3.18. The zero-order valence-electron chi connectivity index (χ0n) is 13.6. The molecule has 0 saturated heterocycles. The number of nitrogens with one attached hydrogen (secondary N) is 1. The number of carbonyl (C=O) groups is 1. The highest BCUT2D eigenvalue weighted by molar-refractivity contribution is 5.91. The molecule has 0 saturated carbocycles. The maximum atomic E-state index is 12.1. The number of ether oxygens (including phenoxy) is 2. The molecule has 23 heavy (non-hydrogen) atoms. The van der Waals surface area contributed by atoms with Crippen LogP contribution >= 0.6 is 0 Å². The van der Waals surface area contributed by atoms with Gasteiger partial charge in [0.15, 0.2) is 11.5 Å². The van der Waals surface area contributed by atoms with Crippen molar-refractivity contribution in [2.24, 2.45) is 0 Å². The molecule has 0 spiro atoms. The van der Waals surface area contributed by atoms with E-state index in [4.69, 9.17) is 15.2 Å². The third kappa shape index (κ3) is 4.35. The topological polar surface area (TPSA) is 86.5 Å². The van der Waals surface area contributed by atoms with Crippen LogP contribution in [0.4, 0.5) is 11.5 Å². The number of benzene rings is 1. The SMILES string of the molecule is COc1ccc(CCC(=O)Nc2ccc(N)nc2C)cc1OC. The molecule has 122 valence electrons. The first kappa shape index (κ1) is 16.6. The first-order chi connectivity index (χ1) is 11.0. The molecule has 3 N–H and O–H groups in total. The van der Waals surface area contributed by atoms with Crippen LogP contribution in [0.5, 0.6) is 11.5 Å². The minimum Gasteiger partial charge on any atom is -0.493 e. The minimum absolute atomic E-state index is 0.0746. The summed E-state index contributed by atoms with van der Waals surface area (Å²) in [6, 6.07) is 9.05. The van der Waals surface area contributed by atoms with Gasteiger partial charge in [0.05, 0.1) is 25.6 Å². The second-order valence-electron chi connectivity index (χ2n) is 5.11. The number of carbonyl (C=O) groups excluding carboxylic acids is 1. The number of rotatable bonds is 6. The van der Waals surface area contributed by atoms with E-state index in [-0.39, 0.29) is 5.91 Å². The fourth-order valence-corrected chi connectivity index (χ4v) is 2.22. The van der Waals surface area contributed by atoms with Crippen molar-refractivity contribution in [2.45, 2.75) is 19.8 Å². The van der Waals surface area contributed by atoms with E-state index in [1.165, 1.54) is 0 Å². The van der Waals surface area contributed by atoms with Gasteiger partial charge in [-0.2, -0.15) is 0 Å². The van der Waals surface area contributed by atoms with Crippen molar-refractivity contribution in [3.8, 4) is 11.5 Å². The molecule has 2 rings (SSSR count). The predicted octanol–water partition coefficient (Wildman–Crippen LogP) is 2.56. The number of amides is 1. The zero-order valence-corrected chi connectivity index (χ0v) is 13.6. The Balaban J connectivity index is 1.96. The molecule has 0 atom stereocenters. The third-order valence-corrected chi connectivity index (χ3v) is 3.47. The lowest BCUT2D eigenvalue weighted by Gasteiger charge is -2.10. The van der Waals surface area contributed by atoms with Crippen LogP contribution in [0.3, 0.4) is 0 Å². The molecule has 0 aliphatic carbocycles. The fourth-order valence-electron chi connectivity index (χ4n) is 2.22. The van der Waals surface area contributed by atoms with E-state index in [1.807, 2.05) is 18.2 Å². The molecule has 0 bridgehead atoms. The summed E-state index contributed by atoms with van der Waals surface area (Å²) in [6.07, 6.45) is 0.965. The number of methoxy groups -OCH3 is 2. The first-order valence-electron chi connectivity index (χ1n) is 7.27. The number of pyridine rings is 1. The van der Waals surface area contributed by atoms with Crippen LogP contribution < -0.4 is 20.5 Å². The summed E-state index contributed by atoms with van der Waals surface area (Å²) >= 11 is 0. The lowest BCUT2D eigenvalue weighted by Crippen LogP contribution is -2.14. The summed E-state index contributed by atoms with van der Waals surface area (Å²) in [5.74, 6) is 1.69. The van der Waals surface area contributed by atoms with Crippen LogP contribution in [-0.4, -0.2) is 25.1 Å². The van der Waals surface area contributed by atoms with Crippen molar-refractivity contribution < 1.29 is 14.3 Å². The Labute approximate surface area is 135 Å². The predicted molar refractivity (Wildman–Crippen MR) is 89.9 cm³/mol. The maximum absolute atomic E-state index is 12.1. The molecule has 0 aliphatic heterocycles. The normalized spacial score (nSPS) is 10.2. The minimum atomic E-state index is -0.0746. The largest absolute Gasteiger partial charge is 0.493 e. The Bertz CT molecular complexity index is 701. The van der Waals surface area contributed by atoms with Crippen molar-refractivity contribution >= 4 is 17.4 Å². The van der Waals surface area contributed by atoms with Crippen LogP contribution in [0, 0.1) is 6.92 Å². The Morgan fingerprint density at radius 2 is 1.91 bits per heavy atom. The Morgan fingerprint density at radius 1 is 1.17 bits per heavy atom. The highest BCUT2D eigenvalue weighted by atomic mass is 16.5. The van der Waals surface area contributed by atoms with Crippen molar-refractivity contribution in [2.75, 3.05) is 25.3 Å². The van der Waals surface area contributed by atoms with Gasteiger partial charge < -0.3 is 20.5 Å².